The number of nitrogens with one attached hydrogen (secondary N) is 1. The highest BCUT2D eigenvalue weighted by atomic mass is 19.1. The summed E-state index contributed by atoms with van der Waals surface area (Å²) in [6.45, 7) is 8.15. The molecule has 2 aromatic carbocycles. The van der Waals surface area contributed by atoms with Crippen molar-refractivity contribution in [2.45, 2.75) is 58.7 Å². The Morgan fingerprint density at radius 2 is 1.72 bits per heavy atom. The second-order valence-electron chi connectivity index (χ2n) is 10.5. The molecule has 0 radical (unpaired) electrons. The molecule has 208 valence electrons. The van der Waals surface area contributed by atoms with Crippen LogP contribution in [0, 0.1) is 18.6 Å². The molecule has 8 nitrogen and oxygen atoms in total. The van der Waals surface area contributed by atoms with E-state index in [-0.39, 0.29) is 35.3 Å². The maximum Gasteiger partial charge on any atom is 0.410 e. The van der Waals surface area contributed by atoms with Crippen molar-refractivity contribution in [1.29, 1.82) is 0 Å². The van der Waals surface area contributed by atoms with Crippen LogP contribution in [0.3, 0.4) is 0 Å². The summed E-state index contributed by atoms with van der Waals surface area (Å²) < 4.78 is 44.8. The average molecular weight is 541 g/mol. The van der Waals surface area contributed by atoms with Crippen molar-refractivity contribution in [2.75, 3.05) is 25.5 Å². The van der Waals surface area contributed by atoms with Gasteiger partial charge in [0.15, 0.2) is 17.3 Å². The Morgan fingerprint density at radius 1 is 1.08 bits per heavy atom. The summed E-state index contributed by atoms with van der Waals surface area (Å²) in [4.78, 5) is 22.5. The smallest absolute Gasteiger partial charge is 0.410 e. The van der Waals surface area contributed by atoms with Gasteiger partial charge in [-0.05, 0) is 75.8 Å². The number of piperidine rings is 1. The molecule has 1 aliphatic heterocycles. The first-order valence-electron chi connectivity index (χ1n) is 12.8. The number of likely N-dealkylation sites (tertiary alicyclic amines) is 1. The molecular formula is C29H34F2N4O4. The Hall–Kier alpha value is -3.95. The lowest BCUT2D eigenvalue weighted by Gasteiger charge is -2.33. The molecule has 1 aliphatic rings. The number of carbonyl (C=O) groups excluding carboxylic acids is 1. The number of nitrogens with zero attached hydrogens (tertiary/aromatic N) is 3. The average Bonchev–Trinajstić information content (AvgIpc) is 2.91. The van der Waals surface area contributed by atoms with Gasteiger partial charge >= 0.3 is 6.09 Å². The molecule has 0 aliphatic carbocycles. The fourth-order valence-corrected chi connectivity index (χ4v) is 4.38. The first kappa shape index (κ1) is 28.1. The number of hydrogen-bond acceptors (Lipinski definition) is 7. The number of anilines is 2. The first-order valence-corrected chi connectivity index (χ1v) is 12.8. The van der Waals surface area contributed by atoms with Gasteiger partial charge in [-0.15, -0.1) is 0 Å². The van der Waals surface area contributed by atoms with Gasteiger partial charge in [-0.1, -0.05) is 12.1 Å². The number of methoxy groups -OCH3 is 1. The van der Waals surface area contributed by atoms with Gasteiger partial charge in [0.2, 0.25) is 5.95 Å². The van der Waals surface area contributed by atoms with Crippen LogP contribution < -0.4 is 14.8 Å². The van der Waals surface area contributed by atoms with Crippen LogP contribution in [0.2, 0.25) is 0 Å². The Labute approximate surface area is 227 Å². The molecule has 0 unspecified atom stereocenters. The molecule has 0 saturated carbocycles. The van der Waals surface area contributed by atoms with Crippen molar-refractivity contribution in [3.05, 3.63) is 71.1 Å². The highest BCUT2D eigenvalue weighted by Crippen LogP contribution is 2.30. The van der Waals surface area contributed by atoms with Crippen LogP contribution in [-0.2, 0) is 11.3 Å². The molecule has 3 aromatic rings. The van der Waals surface area contributed by atoms with E-state index < -0.39 is 17.2 Å². The quantitative estimate of drug-likeness (QED) is 0.366. The largest absolute Gasteiger partial charge is 0.494 e. The highest BCUT2D eigenvalue weighted by Gasteiger charge is 2.27. The minimum atomic E-state index is -0.795. The number of carbonyl (C=O) groups is 1. The van der Waals surface area contributed by atoms with E-state index in [4.69, 9.17) is 14.2 Å². The van der Waals surface area contributed by atoms with E-state index in [9.17, 15) is 13.6 Å². The molecule has 1 N–H and O–H groups in total. The molecule has 0 bridgehead atoms. The van der Waals surface area contributed by atoms with Crippen molar-refractivity contribution in [2.24, 2.45) is 0 Å². The van der Waals surface area contributed by atoms with Crippen LogP contribution in [0.5, 0.6) is 11.5 Å². The van der Waals surface area contributed by atoms with Crippen LogP contribution in [0.15, 0.2) is 42.7 Å². The molecular weight excluding hydrogens is 506 g/mol. The van der Waals surface area contributed by atoms with Crippen molar-refractivity contribution < 1.29 is 27.8 Å². The maximum absolute atomic E-state index is 14.5. The zero-order valence-electron chi connectivity index (χ0n) is 22.9. The molecule has 1 saturated heterocycles. The van der Waals surface area contributed by atoms with Gasteiger partial charge in [-0.25, -0.2) is 23.5 Å². The van der Waals surface area contributed by atoms with E-state index >= 15 is 0 Å². The van der Waals surface area contributed by atoms with Gasteiger partial charge < -0.3 is 24.4 Å². The molecule has 4 rings (SSSR count). The lowest BCUT2D eigenvalue weighted by Crippen LogP contribution is -2.41. The number of ether oxygens (including phenoxy) is 3. The van der Waals surface area contributed by atoms with E-state index in [1.54, 1.807) is 4.90 Å². The number of benzene rings is 2. The van der Waals surface area contributed by atoms with Crippen LogP contribution in [0.4, 0.5) is 25.2 Å². The minimum absolute atomic E-state index is 0.0411. The number of halogens is 2. The monoisotopic (exact) mass is 540 g/mol. The van der Waals surface area contributed by atoms with Crippen molar-refractivity contribution in [1.82, 2.24) is 14.9 Å². The normalized spacial score (nSPS) is 14.2. The Bertz CT molecular complexity index is 1290. The third-order valence-electron chi connectivity index (χ3n) is 6.46. The third-order valence-corrected chi connectivity index (χ3v) is 6.46. The Morgan fingerprint density at radius 3 is 2.31 bits per heavy atom. The fourth-order valence-electron chi connectivity index (χ4n) is 4.38. The van der Waals surface area contributed by atoms with Gasteiger partial charge in [0.05, 0.1) is 25.1 Å². The van der Waals surface area contributed by atoms with E-state index in [1.807, 2.05) is 32.9 Å². The van der Waals surface area contributed by atoms with Crippen LogP contribution >= 0.6 is 0 Å². The van der Waals surface area contributed by atoms with E-state index in [0.717, 1.165) is 18.5 Å². The summed E-state index contributed by atoms with van der Waals surface area (Å²) in [6.07, 6.45) is 4.36. The second kappa shape index (κ2) is 11.8. The minimum Gasteiger partial charge on any atom is -0.494 e. The third kappa shape index (κ3) is 7.13. The molecule has 1 fully saturated rings. The van der Waals surface area contributed by atoms with Gasteiger partial charge in [-0.2, -0.15) is 0 Å². The number of hydrogen-bond donors (Lipinski definition) is 1. The molecule has 2 heterocycles. The molecule has 1 amide bonds. The van der Waals surface area contributed by atoms with Gasteiger partial charge in [0.25, 0.3) is 0 Å². The van der Waals surface area contributed by atoms with Gasteiger partial charge in [0, 0.05) is 18.8 Å². The molecule has 1 aromatic heterocycles. The summed E-state index contributed by atoms with van der Waals surface area (Å²) in [6, 6.07) is 9.35. The number of aromatic nitrogens is 2. The summed E-state index contributed by atoms with van der Waals surface area (Å²) in [5.41, 5.74) is 1.57. The predicted octanol–water partition coefficient (Wildman–Crippen LogP) is 6.51. The zero-order valence-corrected chi connectivity index (χ0v) is 22.9. The van der Waals surface area contributed by atoms with Crippen molar-refractivity contribution in [3.63, 3.8) is 0 Å². The van der Waals surface area contributed by atoms with E-state index in [1.165, 1.54) is 38.1 Å². The van der Waals surface area contributed by atoms with Crippen LogP contribution in [0.1, 0.15) is 56.2 Å². The van der Waals surface area contributed by atoms with Crippen molar-refractivity contribution >= 4 is 17.7 Å². The van der Waals surface area contributed by atoms with Gasteiger partial charge in [-0.3, -0.25) is 0 Å². The first-order chi connectivity index (χ1) is 18.5. The Balaban J connectivity index is 1.30. The molecule has 39 heavy (non-hydrogen) atoms. The predicted molar refractivity (Wildman–Crippen MR) is 144 cm³/mol. The topological polar surface area (TPSA) is 85.8 Å². The number of aryl methyl sites for hydroxylation is 1. The summed E-state index contributed by atoms with van der Waals surface area (Å²) in [7, 11) is 1.32. The van der Waals surface area contributed by atoms with E-state index in [2.05, 4.69) is 27.4 Å². The lowest BCUT2D eigenvalue weighted by molar-refractivity contribution is 0.0205. The molecule has 10 heteroatoms. The van der Waals surface area contributed by atoms with Crippen molar-refractivity contribution in [3.8, 4) is 11.5 Å². The van der Waals surface area contributed by atoms with Crippen LogP contribution in [0.25, 0.3) is 0 Å². The number of amides is 1. The second-order valence-corrected chi connectivity index (χ2v) is 10.5. The van der Waals surface area contributed by atoms with Crippen LogP contribution in [-0.4, -0.2) is 46.8 Å². The maximum atomic E-state index is 14.5. The van der Waals surface area contributed by atoms with Gasteiger partial charge in [0.1, 0.15) is 18.0 Å². The summed E-state index contributed by atoms with van der Waals surface area (Å²) >= 11 is 0. The Kier molecular flexibility index (Phi) is 8.52. The zero-order chi connectivity index (χ0) is 28.2. The standard InChI is InChI=1S/C29H34F2N4O4/c1-18-14-24(37-5)26(31)23(25(18)30)17-38-22-15-32-27(33-16-22)34-21-8-6-19(7-9-21)20-10-12-35(13-11-20)28(36)39-29(2,3)4/h6-9,14-16,20H,10-13,17H2,1-5H3,(H,32,33,34). The summed E-state index contributed by atoms with van der Waals surface area (Å²) in [5.74, 6) is -0.515. The number of rotatable bonds is 7. The fraction of sp³-hybridized carbons (Fsp3) is 0.414. The molecule has 0 atom stereocenters. The SMILES string of the molecule is COc1cc(C)c(F)c(COc2cnc(Nc3ccc(C4CCN(C(=O)OC(C)(C)C)CC4)cc3)nc2)c1F. The molecule has 0 spiro atoms. The summed E-state index contributed by atoms with van der Waals surface area (Å²) in [5, 5.41) is 3.14. The van der Waals surface area contributed by atoms with E-state index in [0.29, 0.717) is 25.0 Å². The lowest BCUT2D eigenvalue weighted by atomic mass is 9.89. The highest BCUT2D eigenvalue weighted by molar-refractivity contribution is 5.68.